The van der Waals surface area contributed by atoms with Gasteiger partial charge in [-0.25, -0.2) is 14.6 Å². The third-order valence-corrected chi connectivity index (χ3v) is 9.64. The molecule has 0 saturated carbocycles. The molecule has 10 nitrogen and oxygen atoms in total. The Kier molecular flexibility index (Phi) is 7.06. The first-order valence-electron chi connectivity index (χ1n) is 13.4. The lowest BCUT2D eigenvalue weighted by molar-refractivity contribution is -0.0163. The van der Waals surface area contributed by atoms with Crippen molar-refractivity contribution >= 4 is 19.7 Å². The molecule has 3 saturated heterocycles. The van der Waals surface area contributed by atoms with Crippen LogP contribution in [0.2, 0.25) is 0 Å². The van der Waals surface area contributed by atoms with Crippen LogP contribution in [0.1, 0.15) is 63.6 Å². The van der Waals surface area contributed by atoms with Crippen molar-refractivity contribution < 1.29 is 18.5 Å². The molecule has 3 aliphatic rings. The zero-order valence-corrected chi connectivity index (χ0v) is 22.9. The number of nitrogens with zero attached hydrogens (tertiary/aromatic N) is 6. The molecule has 11 heteroatoms. The molecule has 3 fully saturated rings. The summed E-state index contributed by atoms with van der Waals surface area (Å²) in [5, 5.41) is 8.85. The Morgan fingerprint density at radius 3 is 2.89 bits per heavy atom. The Bertz CT molecular complexity index is 1330. The molecule has 2 aromatic heterocycles. The Morgan fingerprint density at radius 1 is 1.26 bits per heavy atom. The second-order valence-corrected chi connectivity index (χ2v) is 11.6. The van der Waals surface area contributed by atoms with Gasteiger partial charge in [0, 0.05) is 13.0 Å². The van der Waals surface area contributed by atoms with Crippen LogP contribution >= 0.6 is 8.53 Å². The number of hydrogen-bond donors (Lipinski definition) is 0. The average molecular weight is 537 g/mol. The van der Waals surface area contributed by atoms with Gasteiger partial charge in [0.15, 0.2) is 11.2 Å². The Labute approximate surface area is 223 Å². The van der Waals surface area contributed by atoms with Crippen molar-refractivity contribution in [2.24, 2.45) is 0 Å². The van der Waals surface area contributed by atoms with Gasteiger partial charge in [0.1, 0.15) is 24.3 Å². The molecule has 200 valence electrons. The maximum Gasteiger partial charge on any atom is 0.260 e. The minimum absolute atomic E-state index is 0.0672. The first-order valence-corrected chi connectivity index (χ1v) is 14.5. The van der Waals surface area contributed by atoms with Gasteiger partial charge in [-0.15, -0.1) is 0 Å². The van der Waals surface area contributed by atoms with Crippen molar-refractivity contribution in [3.63, 3.8) is 0 Å². The minimum atomic E-state index is -1.21. The number of ether oxygens (including phenoxy) is 2. The van der Waals surface area contributed by atoms with Crippen molar-refractivity contribution in [2.75, 3.05) is 13.2 Å². The Balaban J connectivity index is 1.22. The molecule has 0 N–H and O–H groups in total. The van der Waals surface area contributed by atoms with E-state index in [4.69, 9.17) is 23.8 Å². The molecule has 0 radical (unpaired) electrons. The second kappa shape index (κ2) is 10.5. The predicted octanol–water partition coefficient (Wildman–Crippen LogP) is 5.15. The van der Waals surface area contributed by atoms with Crippen molar-refractivity contribution in [3.8, 4) is 11.9 Å². The average Bonchev–Trinajstić information content (AvgIpc) is 3.70. The summed E-state index contributed by atoms with van der Waals surface area (Å²) in [6.45, 7) is 7.40. The highest BCUT2D eigenvalue weighted by molar-refractivity contribution is 7.45. The van der Waals surface area contributed by atoms with Gasteiger partial charge < -0.3 is 18.5 Å². The molecule has 3 aliphatic heterocycles. The molecule has 3 aromatic rings. The van der Waals surface area contributed by atoms with Crippen molar-refractivity contribution in [1.29, 1.82) is 5.26 Å². The van der Waals surface area contributed by atoms with Gasteiger partial charge in [-0.3, -0.25) is 4.57 Å². The monoisotopic (exact) mass is 536 g/mol. The minimum Gasteiger partial charge on any atom is -0.475 e. The van der Waals surface area contributed by atoms with E-state index in [1.807, 2.05) is 17.6 Å². The molecule has 0 unspecified atom stereocenters. The molecule has 0 spiro atoms. The number of imidazole rings is 1. The van der Waals surface area contributed by atoms with Crippen molar-refractivity contribution in [1.82, 2.24) is 24.2 Å². The van der Waals surface area contributed by atoms with Crippen LogP contribution in [0, 0.1) is 18.3 Å². The number of aryl methyl sites for hydroxylation is 1. The van der Waals surface area contributed by atoms with Gasteiger partial charge in [-0.1, -0.05) is 37.3 Å². The van der Waals surface area contributed by atoms with Gasteiger partial charge >= 0.3 is 0 Å². The van der Waals surface area contributed by atoms with E-state index in [9.17, 15) is 0 Å². The SMILES string of the molecule is CC[C@H]1O[C@@H](n2cnc3c(OCCC#N)nc(C)nc32)C[C@H]1O[P@@]1O[C@](C)(c2ccccc2)[C@@H]2CCCN21. The summed E-state index contributed by atoms with van der Waals surface area (Å²) in [4.78, 5) is 13.6. The quantitative estimate of drug-likeness (QED) is 0.285. The Morgan fingerprint density at radius 2 is 2.11 bits per heavy atom. The van der Waals surface area contributed by atoms with E-state index in [0.29, 0.717) is 35.3 Å². The third kappa shape index (κ3) is 4.47. The predicted molar refractivity (Wildman–Crippen MR) is 141 cm³/mol. The fraction of sp³-hybridized carbons (Fsp3) is 0.556. The molecule has 0 bridgehead atoms. The van der Waals surface area contributed by atoms with E-state index in [1.54, 1.807) is 6.33 Å². The summed E-state index contributed by atoms with van der Waals surface area (Å²) in [6.07, 6.45) is 5.31. The number of rotatable bonds is 8. The molecule has 6 rings (SSSR count). The zero-order chi connectivity index (χ0) is 26.3. The van der Waals surface area contributed by atoms with Crippen molar-refractivity contribution in [2.45, 2.75) is 83.0 Å². The third-order valence-electron chi connectivity index (χ3n) is 7.76. The van der Waals surface area contributed by atoms with E-state index in [0.717, 1.165) is 25.8 Å². The fourth-order valence-corrected chi connectivity index (χ4v) is 7.98. The van der Waals surface area contributed by atoms with Crippen LogP contribution in [0.3, 0.4) is 0 Å². The van der Waals surface area contributed by atoms with Gasteiger partial charge in [0.2, 0.25) is 5.88 Å². The van der Waals surface area contributed by atoms with Gasteiger partial charge in [-0.05, 0) is 38.7 Å². The van der Waals surface area contributed by atoms with Crippen LogP contribution < -0.4 is 4.74 Å². The van der Waals surface area contributed by atoms with Crippen molar-refractivity contribution in [3.05, 3.63) is 48.0 Å². The first-order chi connectivity index (χ1) is 18.5. The lowest BCUT2D eigenvalue weighted by Gasteiger charge is -2.29. The van der Waals surface area contributed by atoms with E-state index in [-0.39, 0.29) is 37.1 Å². The smallest absolute Gasteiger partial charge is 0.260 e. The summed E-state index contributed by atoms with van der Waals surface area (Å²) in [5.74, 6) is 0.967. The van der Waals surface area contributed by atoms with E-state index >= 15 is 0 Å². The molecular formula is C27H33N6O4P. The lowest BCUT2D eigenvalue weighted by Crippen LogP contribution is -2.36. The van der Waals surface area contributed by atoms with Crippen LogP contribution in [-0.4, -0.2) is 55.6 Å². The van der Waals surface area contributed by atoms with Crippen LogP contribution in [0.5, 0.6) is 5.88 Å². The van der Waals surface area contributed by atoms with Crippen LogP contribution in [0.4, 0.5) is 0 Å². The van der Waals surface area contributed by atoms with E-state index in [2.05, 4.69) is 63.8 Å². The normalized spacial score (nSPS) is 31.1. The Hall–Kier alpha value is -2.67. The molecular weight excluding hydrogens is 503 g/mol. The fourth-order valence-electron chi connectivity index (χ4n) is 5.84. The van der Waals surface area contributed by atoms with Gasteiger partial charge in [0.05, 0.1) is 37.1 Å². The number of fused-ring (bicyclic) bond motifs is 2. The highest BCUT2D eigenvalue weighted by Crippen LogP contribution is 2.64. The summed E-state index contributed by atoms with van der Waals surface area (Å²) in [6, 6.07) is 12.9. The summed E-state index contributed by atoms with van der Waals surface area (Å²) >= 11 is 0. The number of nitriles is 1. The molecule has 0 amide bonds. The summed E-state index contributed by atoms with van der Waals surface area (Å²) < 4.78 is 30.2. The van der Waals surface area contributed by atoms with E-state index in [1.165, 1.54) is 5.56 Å². The number of benzene rings is 1. The lowest BCUT2D eigenvalue weighted by atomic mass is 9.87. The van der Waals surface area contributed by atoms with Gasteiger partial charge in [-0.2, -0.15) is 10.2 Å². The number of aromatic nitrogens is 4. The summed E-state index contributed by atoms with van der Waals surface area (Å²) in [7, 11) is -1.21. The standard InChI is InChI=1S/C27H33N6O4P/c1-4-20-21(36-38-33-14-8-12-22(33)27(3,37-38)19-10-6-5-7-11-19)16-23(35-20)32-17-29-24-25(32)30-18(2)31-26(24)34-15-9-13-28/h5-7,10-11,17,20-23H,4,8-9,12,14-16H2,1-3H3/t20-,21-,22+,23-,27-,38+/m1/s1. The van der Waals surface area contributed by atoms with E-state index < -0.39 is 8.53 Å². The molecule has 6 atom stereocenters. The second-order valence-electron chi connectivity index (χ2n) is 10.2. The highest BCUT2D eigenvalue weighted by atomic mass is 31.2. The maximum atomic E-state index is 8.85. The molecule has 38 heavy (non-hydrogen) atoms. The maximum absolute atomic E-state index is 8.85. The zero-order valence-electron chi connectivity index (χ0n) is 22.0. The largest absolute Gasteiger partial charge is 0.475 e. The van der Waals surface area contributed by atoms with Crippen LogP contribution in [0.25, 0.3) is 11.2 Å². The number of hydrogen-bond acceptors (Lipinski definition) is 9. The molecule has 1 aromatic carbocycles. The highest BCUT2D eigenvalue weighted by Gasteiger charge is 2.56. The molecule has 0 aliphatic carbocycles. The topological polar surface area (TPSA) is 108 Å². The summed E-state index contributed by atoms with van der Waals surface area (Å²) in [5.41, 5.74) is 2.03. The first kappa shape index (κ1) is 25.6. The molecule has 5 heterocycles. The van der Waals surface area contributed by atoms with Crippen LogP contribution in [-0.2, 0) is 19.4 Å². The van der Waals surface area contributed by atoms with Crippen LogP contribution in [0.15, 0.2) is 36.7 Å². The van der Waals surface area contributed by atoms with Gasteiger partial charge in [0.25, 0.3) is 8.53 Å².